The third-order valence-electron chi connectivity index (χ3n) is 4.82. The van der Waals surface area contributed by atoms with E-state index in [0.29, 0.717) is 5.69 Å². The first-order valence-corrected chi connectivity index (χ1v) is 8.85. The molecule has 0 fully saturated rings. The van der Waals surface area contributed by atoms with Gasteiger partial charge in [0.2, 0.25) is 0 Å². The lowest BCUT2D eigenvalue weighted by Gasteiger charge is -2.23. The molecule has 0 radical (unpaired) electrons. The van der Waals surface area contributed by atoms with Gasteiger partial charge < -0.3 is 9.64 Å². The Bertz CT molecular complexity index is 1110. The second kappa shape index (κ2) is 6.92. The van der Waals surface area contributed by atoms with Crippen LogP contribution in [0.2, 0.25) is 0 Å². The molecule has 1 amide bonds. The Morgan fingerprint density at radius 1 is 1.18 bits per heavy atom. The third kappa shape index (κ3) is 2.94. The molecule has 0 saturated heterocycles. The number of hydrogen-bond donors (Lipinski definition) is 0. The number of aromatic nitrogens is 2. The molecule has 3 aromatic rings. The van der Waals surface area contributed by atoms with E-state index in [1.165, 1.54) is 37.4 Å². The van der Waals surface area contributed by atoms with E-state index in [9.17, 15) is 14.0 Å². The molecule has 0 spiro atoms. The maximum absolute atomic E-state index is 13.4. The van der Waals surface area contributed by atoms with Crippen molar-refractivity contribution in [3.63, 3.8) is 0 Å². The van der Waals surface area contributed by atoms with Crippen molar-refractivity contribution in [2.45, 2.75) is 19.4 Å². The van der Waals surface area contributed by atoms with Crippen molar-refractivity contribution in [2.75, 3.05) is 12.0 Å². The van der Waals surface area contributed by atoms with E-state index in [-0.39, 0.29) is 23.4 Å². The van der Waals surface area contributed by atoms with Crippen LogP contribution in [0.3, 0.4) is 0 Å². The van der Waals surface area contributed by atoms with Gasteiger partial charge in [-0.25, -0.2) is 4.39 Å². The lowest BCUT2D eigenvalue weighted by molar-refractivity contribution is 0.0971. The number of ether oxygens (including phenoxy) is 1. The number of para-hydroxylation sites is 1. The number of anilines is 1. The number of nitrogens with zero attached hydrogens (tertiary/aromatic N) is 3. The van der Waals surface area contributed by atoms with Crippen molar-refractivity contribution in [1.29, 1.82) is 0 Å². The number of halogens is 1. The third-order valence-corrected chi connectivity index (χ3v) is 4.82. The van der Waals surface area contributed by atoms with Crippen LogP contribution < -0.4 is 15.2 Å². The molecular formula is C21H18FN3O3. The van der Waals surface area contributed by atoms with Crippen LogP contribution in [0, 0.1) is 5.82 Å². The fraction of sp³-hybridized carbons (Fsp3) is 0.190. The smallest absolute Gasteiger partial charge is 0.282 e. The highest BCUT2D eigenvalue weighted by Gasteiger charge is 2.34. The van der Waals surface area contributed by atoms with Crippen molar-refractivity contribution >= 4 is 11.6 Å². The number of rotatable bonds is 3. The van der Waals surface area contributed by atoms with E-state index in [1.807, 2.05) is 31.2 Å². The number of methoxy groups -OCH3 is 1. The lowest BCUT2D eigenvalue weighted by atomic mass is 10.1. The Kier molecular flexibility index (Phi) is 4.43. The van der Waals surface area contributed by atoms with Gasteiger partial charge in [0.25, 0.3) is 11.5 Å². The van der Waals surface area contributed by atoms with E-state index in [4.69, 9.17) is 4.74 Å². The Hall–Kier alpha value is -3.48. The van der Waals surface area contributed by atoms with Gasteiger partial charge in [0.15, 0.2) is 11.4 Å². The SMILES string of the molecule is COc1cc(=O)n(-c2ccc(F)cc2)nc1C(=O)N1c2ccccc2C[C@@H]1C. The molecule has 0 aliphatic carbocycles. The summed E-state index contributed by atoms with van der Waals surface area (Å²) in [6.07, 6.45) is 0.738. The molecule has 0 N–H and O–H groups in total. The molecule has 1 aliphatic rings. The Morgan fingerprint density at radius 2 is 1.89 bits per heavy atom. The van der Waals surface area contributed by atoms with Gasteiger partial charge in [-0.05, 0) is 49.2 Å². The number of benzene rings is 2. The van der Waals surface area contributed by atoms with Gasteiger partial charge in [-0.15, -0.1) is 0 Å². The first kappa shape index (κ1) is 17.9. The van der Waals surface area contributed by atoms with Gasteiger partial charge in [-0.3, -0.25) is 9.59 Å². The summed E-state index contributed by atoms with van der Waals surface area (Å²) in [6, 6.07) is 14.2. The Balaban J connectivity index is 1.83. The van der Waals surface area contributed by atoms with Crippen LogP contribution >= 0.6 is 0 Å². The zero-order valence-corrected chi connectivity index (χ0v) is 15.4. The largest absolute Gasteiger partial charge is 0.494 e. The van der Waals surface area contributed by atoms with E-state index < -0.39 is 11.4 Å². The van der Waals surface area contributed by atoms with Gasteiger partial charge >= 0.3 is 0 Å². The highest BCUT2D eigenvalue weighted by Crippen LogP contribution is 2.33. The van der Waals surface area contributed by atoms with E-state index in [0.717, 1.165) is 22.4 Å². The fourth-order valence-electron chi connectivity index (χ4n) is 3.50. The molecule has 2 aromatic carbocycles. The van der Waals surface area contributed by atoms with Crippen molar-refractivity contribution in [1.82, 2.24) is 9.78 Å². The second-order valence-corrected chi connectivity index (χ2v) is 6.64. The van der Waals surface area contributed by atoms with Crippen LogP contribution in [0.15, 0.2) is 59.4 Å². The number of amides is 1. The summed E-state index contributed by atoms with van der Waals surface area (Å²) in [5.74, 6) is -0.681. The minimum Gasteiger partial charge on any atom is -0.494 e. The van der Waals surface area contributed by atoms with Crippen LogP contribution in [-0.4, -0.2) is 28.8 Å². The molecule has 0 bridgehead atoms. The topological polar surface area (TPSA) is 64.4 Å². The molecule has 1 aliphatic heterocycles. The van der Waals surface area contributed by atoms with Crippen LogP contribution in [0.1, 0.15) is 23.0 Å². The van der Waals surface area contributed by atoms with Gasteiger partial charge in [0, 0.05) is 11.7 Å². The number of carbonyl (C=O) groups is 1. The monoisotopic (exact) mass is 379 g/mol. The lowest BCUT2D eigenvalue weighted by Crippen LogP contribution is -2.38. The Labute approximate surface area is 160 Å². The van der Waals surface area contributed by atoms with E-state index >= 15 is 0 Å². The zero-order valence-electron chi connectivity index (χ0n) is 15.4. The average Bonchev–Trinajstić information content (AvgIpc) is 3.03. The fourth-order valence-corrected chi connectivity index (χ4v) is 3.50. The molecule has 1 aromatic heterocycles. The summed E-state index contributed by atoms with van der Waals surface area (Å²) in [5, 5.41) is 4.26. The standard InChI is InChI=1S/C21H18FN3O3/c1-13-11-14-5-3-4-6-17(14)24(13)21(27)20-18(28-2)12-19(26)25(23-20)16-9-7-15(22)8-10-16/h3-10,12-13H,11H2,1-2H3/t13-/m0/s1. The summed E-state index contributed by atoms with van der Waals surface area (Å²) < 4.78 is 19.6. The summed E-state index contributed by atoms with van der Waals surface area (Å²) in [7, 11) is 1.39. The highest BCUT2D eigenvalue weighted by atomic mass is 19.1. The van der Waals surface area contributed by atoms with E-state index in [2.05, 4.69) is 5.10 Å². The molecule has 142 valence electrons. The van der Waals surface area contributed by atoms with Crippen LogP contribution in [0.5, 0.6) is 5.75 Å². The van der Waals surface area contributed by atoms with E-state index in [1.54, 1.807) is 4.90 Å². The molecule has 0 unspecified atom stereocenters. The molecule has 28 heavy (non-hydrogen) atoms. The van der Waals surface area contributed by atoms with Crippen molar-refractivity contribution in [2.24, 2.45) is 0 Å². The predicted octanol–water partition coefficient (Wildman–Crippen LogP) is 2.97. The zero-order chi connectivity index (χ0) is 19.8. The molecule has 1 atom stereocenters. The molecule has 4 rings (SSSR count). The quantitative estimate of drug-likeness (QED) is 0.702. The van der Waals surface area contributed by atoms with Gasteiger partial charge in [-0.2, -0.15) is 9.78 Å². The maximum Gasteiger partial charge on any atom is 0.282 e. The van der Waals surface area contributed by atoms with Gasteiger partial charge in [0.05, 0.1) is 18.9 Å². The minimum absolute atomic E-state index is 0.0231. The average molecular weight is 379 g/mol. The van der Waals surface area contributed by atoms with Crippen molar-refractivity contribution in [3.8, 4) is 11.4 Å². The molecular weight excluding hydrogens is 361 g/mol. The number of carbonyl (C=O) groups excluding carboxylic acids is 1. The minimum atomic E-state index is -0.477. The molecule has 2 heterocycles. The van der Waals surface area contributed by atoms with Gasteiger partial charge in [0.1, 0.15) is 5.82 Å². The number of hydrogen-bond acceptors (Lipinski definition) is 4. The van der Waals surface area contributed by atoms with Crippen LogP contribution in [0.25, 0.3) is 5.69 Å². The molecule has 6 nitrogen and oxygen atoms in total. The van der Waals surface area contributed by atoms with Gasteiger partial charge in [-0.1, -0.05) is 18.2 Å². The molecule has 7 heteroatoms. The number of fused-ring (bicyclic) bond motifs is 1. The summed E-state index contributed by atoms with van der Waals surface area (Å²) in [5.41, 5.74) is 1.81. The van der Waals surface area contributed by atoms with Crippen molar-refractivity contribution in [3.05, 3.63) is 82.0 Å². The first-order valence-electron chi connectivity index (χ1n) is 8.85. The second-order valence-electron chi connectivity index (χ2n) is 6.64. The molecule has 0 saturated carbocycles. The first-order chi connectivity index (χ1) is 13.5. The van der Waals surface area contributed by atoms with Crippen LogP contribution in [-0.2, 0) is 6.42 Å². The maximum atomic E-state index is 13.4. The summed E-state index contributed by atoms with van der Waals surface area (Å²) >= 11 is 0. The summed E-state index contributed by atoms with van der Waals surface area (Å²) in [6.45, 7) is 1.96. The Morgan fingerprint density at radius 3 is 2.61 bits per heavy atom. The van der Waals surface area contributed by atoms with Crippen molar-refractivity contribution < 1.29 is 13.9 Å². The highest BCUT2D eigenvalue weighted by molar-refractivity contribution is 6.08. The van der Waals surface area contributed by atoms with Crippen LogP contribution in [0.4, 0.5) is 10.1 Å². The summed E-state index contributed by atoms with van der Waals surface area (Å²) in [4.78, 5) is 27.5. The predicted molar refractivity (Wildman–Crippen MR) is 103 cm³/mol. The normalized spacial score (nSPS) is 15.4.